The molecule has 0 saturated carbocycles. The Morgan fingerprint density at radius 1 is 1.20 bits per heavy atom. The number of rotatable bonds is 6. The molecule has 3 nitrogen and oxygen atoms in total. The third kappa shape index (κ3) is 3.09. The van der Waals surface area contributed by atoms with E-state index in [9.17, 15) is 14.6 Å². The molecule has 0 amide bonds. The number of halogens is 2. The molecule has 0 radical (unpaired) electrons. The lowest BCUT2D eigenvalue weighted by Crippen LogP contribution is -2.38. The number of benzene rings is 2. The highest BCUT2D eigenvalue weighted by atomic mass is 35.5. The van der Waals surface area contributed by atoms with Crippen molar-refractivity contribution in [3.63, 3.8) is 0 Å². The molecule has 1 unspecified atom stereocenters. The lowest BCUT2D eigenvalue weighted by Gasteiger charge is -2.30. The number of hydrogen-bond donors (Lipinski definition) is 2. The molecule has 1 heterocycles. The summed E-state index contributed by atoms with van der Waals surface area (Å²) >= 11 is 5.97. The van der Waals surface area contributed by atoms with Crippen molar-refractivity contribution >= 4 is 17.3 Å². The van der Waals surface area contributed by atoms with Gasteiger partial charge in [0, 0.05) is 30.4 Å². The van der Waals surface area contributed by atoms with Gasteiger partial charge >= 0.3 is 0 Å². The number of anilines is 1. The first kappa shape index (κ1) is 18.0. The van der Waals surface area contributed by atoms with Crippen LogP contribution in [0.3, 0.4) is 0 Å². The zero-order chi connectivity index (χ0) is 18.0. The average molecular weight is 364 g/mol. The van der Waals surface area contributed by atoms with E-state index in [4.69, 9.17) is 11.6 Å². The predicted octanol–water partition coefficient (Wildman–Crippen LogP) is 4.47. The van der Waals surface area contributed by atoms with Gasteiger partial charge in [-0.3, -0.25) is 0 Å². The highest BCUT2D eigenvalue weighted by molar-refractivity contribution is 6.30. The Morgan fingerprint density at radius 3 is 2.68 bits per heavy atom. The summed E-state index contributed by atoms with van der Waals surface area (Å²) in [5.41, 5.74) is 1.64. The molecule has 2 aromatic rings. The molecule has 2 N–H and O–H groups in total. The summed E-state index contributed by atoms with van der Waals surface area (Å²) in [6.07, 6.45) is 3.33. The Morgan fingerprint density at radius 2 is 1.96 bits per heavy atom. The van der Waals surface area contributed by atoms with Crippen LogP contribution in [0.2, 0.25) is 5.02 Å². The van der Waals surface area contributed by atoms with Crippen LogP contribution in [-0.4, -0.2) is 29.9 Å². The zero-order valence-corrected chi connectivity index (χ0v) is 15.1. The maximum absolute atomic E-state index is 13.7. The summed E-state index contributed by atoms with van der Waals surface area (Å²) < 4.78 is 13.7. The highest BCUT2D eigenvalue weighted by Crippen LogP contribution is 2.48. The van der Waals surface area contributed by atoms with Gasteiger partial charge in [-0.15, -0.1) is 0 Å². The number of aliphatic hydroxyl groups excluding tert-OH is 1. The molecular weight excluding hydrogens is 341 g/mol. The molecule has 0 fully saturated rings. The maximum atomic E-state index is 13.7. The van der Waals surface area contributed by atoms with Crippen molar-refractivity contribution in [3.05, 3.63) is 58.4 Å². The summed E-state index contributed by atoms with van der Waals surface area (Å²) in [6.45, 7) is 3.38. The standard InChI is InChI=1S/C20H23ClFNO2/c1-2-3-6-9-23-12-20(13-24,14-7-4-5-8-18(14)23)15-10-16(21)17(22)11-19(15)25/h4-5,7-8,10-11,24-25H,2-3,6,9,12-13H2,1H3. The van der Waals surface area contributed by atoms with Crippen molar-refractivity contribution in [2.45, 2.75) is 31.6 Å². The van der Waals surface area contributed by atoms with Gasteiger partial charge < -0.3 is 15.1 Å². The normalized spacial score (nSPS) is 19.3. The fraction of sp³-hybridized carbons (Fsp3) is 0.400. The van der Waals surface area contributed by atoms with Crippen LogP contribution >= 0.6 is 11.6 Å². The number of aromatic hydroxyl groups is 1. The van der Waals surface area contributed by atoms with E-state index in [2.05, 4.69) is 11.8 Å². The number of hydrogen-bond acceptors (Lipinski definition) is 3. The molecule has 134 valence electrons. The summed E-state index contributed by atoms with van der Waals surface area (Å²) in [4.78, 5) is 2.23. The van der Waals surface area contributed by atoms with E-state index in [0.717, 1.165) is 43.1 Å². The van der Waals surface area contributed by atoms with Gasteiger partial charge in [-0.1, -0.05) is 49.6 Å². The second kappa shape index (κ2) is 7.22. The van der Waals surface area contributed by atoms with Crippen molar-refractivity contribution in [1.29, 1.82) is 0 Å². The second-order valence-electron chi connectivity index (χ2n) is 6.67. The fourth-order valence-corrected chi connectivity index (χ4v) is 3.94. The number of phenols is 1. The van der Waals surface area contributed by atoms with Crippen LogP contribution in [0.1, 0.15) is 37.3 Å². The van der Waals surface area contributed by atoms with Crippen LogP contribution in [0, 0.1) is 5.82 Å². The van der Waals surface area contributed by atoms with Crippen molar-refractivity contribution < 1.29 is 14.6 Å². The number of unbranched alkanes of at least 4 members (excludes halogenated alkanes) is 2. The molecule has 25 heavy (non-hydrogen) atoms. The van der Waals surface area contributed by atoms with Gasteiger partial charge in [-0.2, -0.15) is 0 Å². The molecule has 3 rings (SSSR count). The summed E-state index contributed by atoms with van der Waals surface area (Å²) in [5, 5.41) is 20.6. The van der Waals surface area contributed by atoms with Gasteiger partial charge in [0.2, 0.25) is 0 Å². The Labute approximate surface area is 152 Å². The molecule has 0 spiro atoms. The monoisotopic (exact) mass is 363 g/mol. The van der Waals surface area contributed by atoms with E-state index in [1.54, 1.807) is 0 Å². The quantitative estimate of drug-likeness (QED) is 0.744. The van der Waals surface area contributed by atoms with Crippen LogP contribution in [0.15, 0.2) is 36.4 Å². The average Bonchev–Trinajstić information content (AvgIpc) is 2.93. The summed E-state index contributed by atoms with van der Waals surface area (Å²) in [5.74, 6) is -0.844. The van der Waals surface area contributed by atoms with Gasteiger partial charge in [0.15, 0.2) is 0 Å². The van der Waals surface area contributed by atoms with Crippen molar-refractivity contribution in [2.24, 2.45) is 0 Å². The number of para-hydroxylation sites is 1. The molecule has 0 aliphatic carbocycles. The van der Waals surface area contributed by atoms with Crippen LogP contribution < -0.4 is 4.90 Å². The first-order valence-corrected chi connectivity index (χ1v) is 9.05. The lowest BCUT2D eigenvalue weighted by atomic mass is 9.76. The topological polar surface area (TPSA) is 43.7 Å². The van der Waals surface area contributed by atoms with Gasteiger partial charge in [-0.05, 0) is 24.1 Å². The largest absolute Gasteiger partial charge is 0.508 e. The van der Waals surface area contributed by atoms with Gasteiger partial charge in [0.25, 0.3) is 0 Å². The minimum atomic E-state index is -0.815. The lowest BCUT2D eigenvalue weighted by molar-refractivity contribution is 0.224. The zero-order valence-electron chi connectivity index (χ0n) is 14.3. The van der Waals surface area contributed by atoms with Gasteiger partial charge in [0.05, 0.1) is 17.0 Å². The minimum Gasteiger partial charge on any atom is -0.508 e. The third-order valence-corrected chi connectivity index (χ3v) is 5.37. The smallest absolute Gasteiger partial charge is 0.145 e. The Kier molecular flexibility index (Phi) is 5.21. The number of aliphatic hydroxyl groups is 1. The Bertz CT molecular complexity index is 767. The van der Waals surface area contributed by atoms with E-state index < -0.39 is 11.2 Å². The summed E-state index contributed by atoms with van der Waals surface area (Å²) in [7, 11) is 0. The first-order chi connectivity index (χ1) is 12.0. The van der Waals surface area contributed by atoms with E-state index in [-0.39, 0.29) is 17.4 Å². The van der Waals surface area contributed by atoms with E-state index in [1.165, 1.54) is 6.07 Å². The summed E-state index contributed by atoms with van der Waals surface area (Å²) in [6, 6.07) is 10.3. The Hall–Kier alpha value is -1.78. The fourth-order valence-electron chi connectivity index (χ4n) is 3.77. The number of fused-ring (bicyclic) bond motifs is 1. The van der Waals surface area contributed by atoms with Gasteiger partial charge in [-0.25, -0.2) is 4.39 Å². The van der Waals surface area contributed by atoms with E-state index in [1.807, 2.05) is 24.3 Å². The molecule has 5 heteroatoms. The van der Waals surface area contributed by atoms with Gasteiger partial charge in [0.1, 0.15) is 11.6 Å². The Balaban J connectivity index is 2.08. The maximum Gasteiger partial charge on any atom is 0.145 e. The molecule has 0 saturated heterocycles. The number of nitrogens with zero attached hydrogens (tertiary/aromatic N) is 1. The molecule has 2 aromatic carbocycles. The highest BCUT2D eigenvalue weighted by Gasteiger charge is 2.45. The van der Waals surface area contributed by atoms with Crippen LogP contribution in [0.25, 0.3) is 0 Å². The van der Waals surface area contributed by atoms with Crippen molar-refractivity contribution in [3.8, 4) is 5.75 Å². The SMILES string of the molecule is CCCCCN1CC(CO)(c2cc(Cl)c(F)cc2O)c2ccccc21. The molecule has 1 aliphatic heterocycles. The van der Waals surface area contributed by atoms with Crippen molar-refractivity contribution in [1.82, 2.24) is 0 Å². The van der Waals surface area contributed by atoms with Crippen LogP contribution in [0.4, 0.5) is 10.1 Å². The predicted molar refractivity (Wildman–Crippen MR) is 99.1 cm³/mol. The number of phenolic OH excluding ortho intramolecular Hbond substituents is 1. The van der Waals surface area contributed by atoms with Crippen LogP contribution in [-0.2, 0) is 5.41 Å². The van der Waals surface area contributed by atoms with Crippen molar-refractivity contribution in [2.75, 3.05) is 24.6 Å². The molecular formula is C20H23ClFNO2. The molecule has 1 aliphatic rings. The van der Waals surface area contributed by atoms with E-state index >= 15 is 0 Å². The third-order valence-electron chi connectivity index (χ3n) is 5.08. The van der Waals surface area contributed by atoms with Crippen LogP contribution in [0.5, 0.6) is 5.75 Å². The molecule has 1 atom stereocenters. The minimum absolute atomic E-state index is 0.0532. The van der Waals surface area contributed by atoms with E-state index in [0.29, 0.717) is 12.1 Å². The second-order valence-corrected chi connectivity index (χ2v) is 7.08. The first-order valence-electron chi connectivity index (χ1n) is 8.67. The molecule has 0 aromatic heterocycles. The molecule has 0 bridgehead atoms.